The summed E-state index contributed by atoms with van der Waals surface area (Å²) in [6.07, 6.45) is 4.36. The summed E-state index contributed by atoms with van der Waals surface area (Å²) >= 11 is 0. The van der Waals surface area contributed by atoms with Gasteiger partial charge >= 0.3 is 0 Å². The third kappa shape index (κ3) is 11.7. The summed E-state index contributed by atoms with van der Waals surface area (Å²) in [5, 5.41) is 0. The van der Waals surface area contributed by atoms with Gasteiger partial charge in [0.2, 0.25) is 0 Å². The van der Waals surface area contributed by atoms with Crippen molar-refractivity contribution in [1.29, 1.82) is 0 Å². The molecule has 6 nitrogen and oxygen atoms in total. The van der Waals surface area contributed by atoms with Crippen LogP contribution in [0.15, 0.2) is 97.1 Å². The molecule has 430 valence electrons. The highest BCUT2D eigenvalue weighted by atomic mass is 14.9. The average Bonchev–Trinajstić information content (AvgIpc) is 3.44. The normalized spacial score (nSPS) is 14.1. The fourth-order valence-corrected chi connectivity index (χ4v) is 11.2. The minimum absolute atomic E-state index is 0.123. The number of benzene rings is 4. The van der Waals surface area contributed by atoms with E-state index in [1.807, 2.05) is 0 Å². The van der Waals surface area contributed by atoms with Crippen molar-refractivity contribution in [2.75, 3.05) is 0 Å². The van der Waals surface area contributed by atoms with E-state index in [1.54, 1.807) is 0 Å². The van der Waals surface area contributed by atoms with Crippen molar-refractivity contribution >= 4 is 45.6 Å². The van der Waals surface area contributed by atoms with Crippen molar-refractivity contribution in [2.45, 2.75) is 209 Å². The summed E-state index contributed by atoms with van der Waals surface area (Å²) in [7, 11) is 0. The first-order valence-corrected chi connectivity index (χ1v) is 29.9. The van der Waals surface area contributed by atoms with Gasteiger partial charge in [-0.2, -0.15) is 0 Å². The van der Waals surface area contributed by atoms with E-state index < -0.39 is 0 Å². The molecule has 6 N–H and O–H groups in total. The van der Waals surface area contributed by atoms with E-state index in [2.05, 4.69) is 285 Å². The molecule has 5 heterocycles. The number of nitrogens with one attached hydrogen (secondary N) is 2. The molecule has 0 atom stereocenters. The maximum atomic E-state index is 7.61. The van der Waals surface area contributed by atoms with E-state index in [-0.39, 0.29) is 43.3 Å². The summed E-state index contributed by atoms with van der Waals surface area (Å²) in [5.41, 5.74) is 39.5. The average molecular weight is 1090 g/mol. The Morgan fingerprint density at radius 2 is 0.488 bits per heavy atom. The molecule has 0 amide bonds. The number of H-pyrrole nitrogens is 2. The van der Waals surface area contributed by atoms with E-state index >= 15 is 0 Å². The predicted molar refractivity (Wildman–Crippen MR) is 356 cm³/mol. The topological polar surface area (TPSA) is 109 Å². The van der Waals surface area contributed by atoms with Gasteiger partial charge in [-0.25, -0.2) is 9.97 Å². The van der Waals surface area contributed by atoms with Crippen LogP contribution in [0.25, 0.3) is 90.1 Å². The number of hydrogen-bond acceptors (Lipinski definition) is 4. The lowest BCUT2D eigenvalue weighted by Gasteiger charge is -2.26. The van der Waals surface area contributed by atoms with E-state index in [4.69, 9.17) is 21.4 Å². The van der Waals surface area contributed by atoms with Gasteiger partial charge in [0.15, 0.2) is 0 Å². The van der Waals surface area contributed by atoms with E-state index in [9.17, 15) is 0 Å². The summed E-state index contributed by atoms with van der Waals surface area (Å²) in [6, 6.07) is 37.4. The number of fused-ring (bicyclic) bond motifs is 8. The molecule has 0 fully saturated rings. The van der Waals surface area contributed by atoms with Crippen LogP contribution in [0, 0.1) is 0 Å². The molecule has 3 aromatic heterocycles. The molecule has 6 heteroatoms. The number of nitrogens with zero attached hydrogens (tertiary/aromatic N) is 2. The molecule has 8 bridgehead atoms. The predicted octanol–water partition coefficient (Wildman–Crippen LogP) is 20.3. The van der Waals surface area contributed by atoms with Crippen molar-refractivity contribution in [3.8, 4) is 44.5 Å². The minimum Gasteiger partial charge on any atom is -0.395 e. The molecular formula is C76H96N6. The van der Waals surface area contributed by atoms with Gasteiger partial charge in [-0.1, -0.05) is 239 Å². The fraction of sp³-hybridized carbons (Fsp3) is 0.421. The molecule has 82 heavy (non-hydrogen) atoms. The van der Waals surface area contributed by atoms with Gasteiger partial charge in [0.1, 0.15) is 0 Å². The quantitative estimate of drug-likeness (QED) is 0.141. The Bertz CT molecular complexity index is 3800. The van der Waals surface area contributed by atoms with Crippen LogP contribution in [-0.4, -0.2) is 19.9 Å². The highest BCUT2D eigenvalue weighted by molar-refractivity contribution is 6.04. The third-order valence-electron chi connectivity index (χ3n) is 16.9. The summed E-state index contributed by atoms with van der Waals surface area (Å²) in [6.45, 7) is 55.1. The number of aromatic nitrogens is 4. The Labute approximate surface area is 492 Å². The van der Waals surface area contributed by atoms with E-state index in [1.165, 1.54) is 44.5 Å². The van der Waals surface area contributed by atoms with Crippen molar-refractivity contribution in [1.82, 2.24) is 19.9 Å². The lowest BCUT2D eigenvalue weighted by Crippen LogP contribution is -2.16. The second kappa shape index (κ2) is 19.9. The third-order valence-corrected chi connectivity index (χ3v) is 16.9. The highest BCUT2D eigenvalue weighted by Gasteiger charge is 2.32. The molecule has 0 unspecified atom stereocenters. The number of aromatic amines is 2. The number of rotatable bonds is 4. The first-order valence-electron chi connectivity index (χ1n) is 29.9. The van der Waals surface area contributed by atoms with E-state index in [0.29, 0.717) is 22.8 Å². The number of hydrogen-bond donors (Lipinski definition) is 4. The molecule has 7 aromatic rings. The molecule has 4 aromatic carbocycles. The Balaban J connectivity index is 1.60. The van der Waals surface area contributed by atoms with Crippen LogP contribution < -0.4 is 11.5 Å². The van der Waals surface area contributed by atoms with Crippen molar-refractivity contribution in [3.63, 3.8) is 0 Å². The first-order chi connectivity index (χ1) is 37.5. The maximum Gasteiger partial charge on any atom is 0.0989 e. The van der Waals surface area contributed by atoms with Gasteiger partial charge in [0.05, 0.1) is 34.2 Å². The zero-order valence-electron chi connectivity index (χ0n) is 54.4. The minimum atomic E-state index is -0.170. The molecule has 0 saturated carbocycles. The van der Waals surface area contributed by atoms with Crippen LogP contribution in [0.5, 0.6) is 0 Å². The van der Waals surface area contributed by atoms with Crippen molar-refractivity contribution in [3.05, 3.63) is 164 Å². The zero-order valence-corrected chi connectivity index (χ0v) is 54.4. The van der Waals surface area contributed by atoms with Crippen molar-refractivity contribution in [2.24, 2.45) is 11.5 Å². The summed E-state index contributed by atoms with van der Waals surface area (Å²) in [5.74, 6) is 0. The molecule has 0 saturated heterocycles. The smallest absolute Gasteiger partial charge is 0.0989 e. The van der Waals surface area contributed by atoms with Gasteiger partial charge in [-0.3, -0.25) is 0 Å². The molecule has 2 aliphatic rings. The van der Waals surface area contributed by atoms with Gasteiger partial charge in [0.25, 0.3) is 0 Å². The molecule has 0 radical (unpaired) electrons. The second-order valence-corrected chi connectivity index (χ2v) is 32.1. The molecule has 2 aliphatic heterocycles. The molecule has 0 aliphatic carbocycles. The lowest BCUT2D eigenvalue weighted by molar-refractivity contribution is 0.568. The summed E-state index contributed by atoms with van der Waals surface area (Å²) in [4.78, 5) is 19.9. The fourth-order valence-electron chi connectivity index (χ4n) is 11.2. The van der Waals surface area contributed by atoms with Gasteiger partial charge in [-0.05, 0) is 146 Å². The van der Waals surface area contributed by atoms with Crippen LogP contribution in [0.2, 0.25) is 0 Å². The standard InChI is InChI=1S/C76H96N6/c1-69(2,3)47-31-43(32-48(39-47)70(4,5)6)61-55-25-26-56(79-55)62(44-33-49(71(7,8)9)40-50(34-44)72(10,11)12)58-28-30-60(81-58)64(46-37-53(75(19,20)21)42-54(38-46)76(22,23)24)68-66(78)65(77)67(82-68)63(59-29-27-57(61)80-59)45-35-51(73(13,14)15)41-52(36-45)74(16,17)18/h25-42,79-80H,77-78H2,1-24H3. The Morgan fingerprint density at radius 1 is 0.268 bits per heavy atom. The van der Waals surface area contributed by atoms with Crippen LogP contribution in [0.4, 0.5) is 0 Å². The highest BCUT2D eigenvalue weighted by Crippen LogP contribution is 2.46. The van der Waals surface area contributed by atoms with Crippen LogP contribution in [0.3, 0.4) is 0 Å². The Kier molecular flexibility index (Phi) is 14.5. The van der Waals surface area contributed by atoms with Crippen LogP contribution >= 0.6 is 0 Å². The Morgan fingerprint density at radius 3 is 0.780 bits per heavy atom. The second-order valence-electron chi connectivity index (χ2n) is 32.1. The van der Waals surface area contributed by atoms with E-state index in [0.717, 1.165) is 78.0 Å². The molecule has 9 rings (SSSR count). The van der Waals surface area contributed by atoms with Crippen LogP contribution in [0.1, 0.15) is 233 Å². The maximum absolute atomic E-state index is 7.61. The molecule has 0 spiro atoms. The monoisotopic (exact) mass is 1090 g/mol. The van der Waals surface area contributed by atoms with Gasteiger partial charge in [0, 0.05) is 44.3 Å². The zero-order chi connectivity index (χ0) is 60.6. The molecular weight excluding hydrogens is 997 g/mol. The summed E-state index contributed by atoms with van der Waals surface area (Å²) < 4.78 is 0. The van der Waals surface area contributed by atoms with Gasteiger partial charge < -0.3 is 21.4 Å². The largest absolute Gasteiger partial charge is 0.395 e. The number of nitrogens with two attached hydrogens (primary N) is 2. The van der Waals surface area contributed by atoms with Gasteiger partial charge in [-0.15, -0.1) is 0 Å². The first kappa shape index (κ1) is 59.7. The van der Waals surface area contributed by atoms with Crippen molar-refractivity contribution < 1.29 is 0 Å². The lowest BCUT2D eigenvalue weighted by atomic mass is 9.78. The Hall–Kier alpha value is -6.92. The SMILES string of the molecule is CC(C)(C)c1cc(-c2c3nc(c(-c4cc(C(C)(C)C)cc(C(C)(C)C)c4)c4ccc([nH]4)c(-c4cc(C(C)(C)C)cc(C(C)(C)C)c4)c4ccc([nH]4)c(-c4cc(C(C)(C)C)cc(C(C)(C)C)c4)c4nc2C(N)=C4N)C=C3)cc(C(C)(C)C)c1. The van der Waals surface area contributed by atoms with Crippen LogP contribution in [-0.2, 0) is 43.3 Å².